The molecule has 1 heterocycles. The molecule has 0 saturated heterocycles. The first-order chi connectivity index (χ1) is 14.3. The molecular formula is C22H19ClN2O4S. The summed E-state index contributed by atoms with van der Waals surface area (Å²) in [5, 5.41) is 6.61. The van der Waals surface area contributed by atoms with Crippen LogP contribution in [0.15, 0.2) is 65.6 Å². The number of aryl methyl sites for hydroxylation is 1. The van der Waals surface area contributed by atoms with Gasteiger partial charge in [-0.3, -0.25) is 8.98 Å². The van der Waals surface area contributed by atoms with Crippen LogP contribution in [0.4, 0.5) is 17.1 Å². The van der Waals surface area contributed by atoms with Crippen LogP contribution in [-0.2, 0) is 20.7 Å². The number of benzene rings is 3. The van der Waals surface area contributed by atoms with Gasteiger partial charge in [-0.05, 0) is 61.4 Å². The average molecular weight is 443 g/mol. The largest absolute Gasteiger partial charge is 0.353 e. The SMILES string of the molecule is Cc1ccc(S(=O)(=O)OCCc2ccc3c(c2)NC(=O)c2ccc(Cl)cc2N3)cc1. The van der Waals surface area contributed by atoms with Gasteiger partial charge in [-0.15, -0.1) is 0 Å². The highest BCUT2D eigenvalue weighted by Gasteiger charge is 2.20. The third-order valence-electron chi connectivity index (χ3n) is 4.77. The third kappa shape index (κ3) is 4.33. The van der Waals surface area contributed by atoms with Crippen LogP contribution in [0.2, 0.25) is 5.02 Å². The van der Waals surface area contributed by atoms with E-state index in [9.17, 15) is 13.2 Å². The van der Waals surface area contributed by atoms with Gasteiger partial charge in [-0.1, -0.05) is 35.4 Å². The number of rotatable bonds is 5. The number of amides is 1. The van der Waals surface area contributed by atoms with Crippen LogP contribution in [0.25, 0.3) is 0 Å². The van der Waals surface area contributed by atoms with Gasteiger partial charge < -0.3 is 10.6 Å². The minimum Gasteiger partial charge on any atom is -0.353 e. The smallest absolute Gasteiger partial charge is 0.296 e. The van der Waals surface area contributed by atoms with Crippen LogP contribution < -0.4 is 10.6 Å². The number of carbonyl (C=O) groups excluding carboxylic acids is 1. The third-order valence-corrected chi connectivity index (χ3v) is 6.33. The fraction of sp³-hybridized carbons (Fsp3) is 0.136. The Morgan fingerprint density at radius 3 is 2.43 bits per heavy atom. The maximum atomic E-state index is 12.5. The molecule has 3 aromatic rings. The standard InChI is InChI=1S/C22H19ClN2O4S/c1-14-2-6-17(7-3-14)30(27,28)29-11-10-15-4-9-19-21(12-15)25-22(26)18-8-5-16(23)13-20(18)24-19/h2-9,12-13,24H,10-11H2,1H3,(H,25,26). The second-order valence-corrected chi connectivity index (χ2v) is 9.04. The van der Waals surface area contributed by atoms with Gasteiger partial charge in [0.15, 0.2) is 0 Å². The van der Waals surface area contributed by atoms with E-state index in [1.54, 1.807) is 36.4 Å². The van der Waals surface area contributed by atoms with E-state index in [1.807, 2.05) is 19.1 Å². The van der Waals surface area contributed by atoms with Crippen LogP contribution in [0.1, 0.15) is 21.5 Å². The lowest BCUT2D eigenvalue weighted by molar-refractivity contribution is 0.102. The number of fused-ring (bicyclic) bond motifs is 2. The van der Waals surface area contributed by atoms with Gasteiger partial charge in [-0.25, -0.2) is 0 Å². The van der Waals surface area contributed by atoms with Crippen molar-refractivity contribution in [2.75, 3.05) is 17.2 Å². The van der Waals surface area contributed by atoms with Gasteiger partial charge in [0, 0.05) is 5.02 Å². The van der Waals surface area contributed by atoms with Crippen molar-refractivity contribution in [3.63, 3.8) is 0 Å². The van der Waals surface area contributed by atoms with Crippen LogP contribution in [0.3, 0.4) is 0 Å². The van der Waals surface area contributed by atoms with Crippen molar-refractivity contribution in [2.24, 2.45) is 0 Å². The fourth-order valence-electron chi connectivity index (χ4n) is 3.15. The van der Waals surface area contributed by atoms with Crippen molar-refractivity contribution < 1.29 is 17.4 Å². The Morgan fingerprint density at radius 1 is 0.900 bits per heavy atom. The highest BCUT2D eigenvalue weighted by atomic mass is 35.5. The molecule has 8 heteroatoms. The number of nitrogens with one attached hydrogen (secondary N) is 2. The van der Waals surface area contributed by atoms with Crippen LogP contribution in [0, 0.1) is 6.92 Å². The maximum Gasteiger partial charge on any atom is 0.296 e. The van der Waals surface area contributed by atoms with Crippen LogP contribution >= 0.6 is 11.6 Å². The molecule has 0 atom stereocenters. The second-order valence-electron chi connectivity index (χ2n) is 6.99. The summed E-state index contributed by atoms with van der Waals surface area (Å²) in [6.07, 6.45) is 0.368. The normalized spacial score (nSPS) is 12.9. The molecule has 0 unspecified atom stereocenters. The van der Waals surface area contributed by atoms with Crippen molar-refractivity contribution >= 4 is 44.7 Å². The quantitative estimate of drug-likeness (QED) is 0.548. The number of hydrogen-bond acceptors (Lipinski definition) is 5. The highest BCUT2D eigenvalue weighted by Crippen LogP contribution is 2.34. The number of anilines is 3. The average Bonchev–Trinajstić information content (AvgIpc) is 2.83. The van der Waals surface area contributed by atoms with E-state index in [2.05, 4.69) is 10.6 Å². The molecule has 30 heavy (non-hydrogen) atoms. The Morgan fingerprint density at radius 2 is 1.67 bits per heavy atom. The molecule has 0 aromatic heterocycles. The van der Waals surface area contributed by atoms with Crippen molar-refractivity contribution in [3.8, 4) is 0 Å². The zero-order valence-electron chi connectivity index (χ0n) is 16.1. The molecule has 1 aliphatic rings. The van der Waals surface area contributed by atoms with E-state index in [-0.39, 0.29) is 17.4 Å². The second kappa shape index (κ2) is 8.10. The molecule has 1 aliphatic heterocycles. The Bertz CT molecular complexity index is 1220. The van der Waals surface area contributed by atoms with E-state index in [0.29, 0.717) is 28.4 Å². The lowest BCUT2D eigenvalue weighted by Crippen LogP contribution is -2.11. The number of halogens is 1. The number of carbonyl (C=O) groups is 1. The van der Waals surface area contributed by atoms with E-state index in [4.69, 9.17) is 15.8 Å². The van der Waals surface area contributed by atoms with Gasteiger partial charge in [0.2, 0.25) is 0 Å². The molecule has 154 valence electrons. The van der Waals surface area contributed by atoms with E-state index in [1.165, 1.54) is 12.1 Å². The summed E-state index contributed by atoms with van der Waals surface area (Å²) >= 11 is 6.04. The topological polar surface area (TPSA) is 84.5 Å². The molecule has 0 bridgehead atoms. The summed E-state index contributed by atoms with van der Waals surface area (Å²) in [5.41, 5.74) is 4.24. The van der Waals surface area contributed by atoms with Crippen molar-refractivity contribution in [1.82, 2.24) is 0 Å². The molecule has 2 N–H and O–H groups in total. The maximum absolute atomic E-state index is 12.5. The molecule has 3 aromatic carbocycles. The summed E-state index contributed by atoms with van der Waals surface area (Å²) in [4.78, 5) is 12.6. The molecule has 0 radical (unpaired) electrons. The zero-order chi connectivity index (χ0) is 21.3. The lowest BCUT2D eigenvalue weighted by Gasteiger charge is -2.11. The molecule has 6 nitrogen and oxygen atoms in total. The first-order valence-electron chi connectivity index (χ1n) is 9.29. The number of hydrogen-bond donors (Lipinski definition) is 2. The van der Waals surface area contributed by atoms with Crippen molar-refractivity contribution in [1.29, 1.82) is 0 Å². The molecule has 0 aliphatic carbocycles. The Balaban J connectivity index is 1.47. The predicted octanol–water partition coefficient (Wildman–Crippen LogP) is 4.91. The summed E-state index contributed by atoms with van der Waals surface area (Å²) in [6, 6.07) is 17.0. The summed E-state index contributed by atoms with van der Waals surface area (Å²) in [5.74, 6) is -0.247. The lowest BCUT2D eigenvalue weighted by atomic mass is 10.1. The fourth-order valence-corrected chi connectivity index (χ4v) is 4.23. The molecule has 1 amide bonds. The summed E-state index contributed by atoms with van der Waals surface area (Å²) in [7, 11) is -3.81. The molecular weight excluding hydrogens is 424 g/mol. The molecule has 0 spiro atoms. The van der Waals surface area contributed by atoms with Gasteiger partial charge in [0.1, 0.15) is 0 Å². The van der Waals surface area contributed by atoms with Crippen LogP contribution in [-0.4, -0.2) is 20.9 Å². The van der Waals surface area contributed by atoms with Crippen molar-refractivity contribution in [2.45, 2.75) is 18.2 Å². The zero-order valence-corrected chi connectivity index (χ0v) is 17.7. The van der Waals surface area contributed by atoms with Gasteiger partial charge in [0.05, 0.1) is 34.1 Å². The van der Waals surface area contributed by atoms with E-state index in [0.717, 1.165) is 16.8 Å². The van der Waals surface area contributed by atoms with E-state index >= 15 is 0 Å². The Kier molecular flexibility index (Phi) is 5.51. The van der Waals surface area contributed by atoms with Crippen molar-refractivity contribution in [3.05, 3.63) is 82.4 Å². The van der Waals surface area contributed by atoms with Gasteiger partial charge in [-0.2, -0.15) is 8.42 Å². The van der Waals surface area contributed by atoms with E-state index < -0.39 is 10.1 Å². The molecule has 0 saturated carbocycles. The summed E-state index contributed by atoms with van der Waals surface area (Å²) < 4.78 is 29.8. The van der Waals surface area contributed by atoms with Gasteiger partial charge in [0.25, 0.3) is 16.0 Å². The monoisotopic (exact) mass is 442 g/mol. The first kappa shape index (κ1) is 20.4. The Hall–Kier alpha value is -2.87. The summed E-state index contributed by atoms with van der Waals surface area (Å²) in [6.45, 7) is 1.88. The molecule has 4 rings (SSSR count). The highest BCUT2D eigenvalue weighted by molar-refractivity contribution is 7.86. The van der Waals surface area contributed by atoms with Gasteiger partial charge >= 0.3 is 0 Å². The molecule has 0 fully saturated rings. The first-order valence-corrected chi connectivity index (χ1v) is 11.1. The minimum absolute atomic E-state index is 0.00773. The Labute approximate surface area is 180 Å². The minimum atomic E-state index is -3.81. The predicted molar refractivity (Wildman–Crippen MR) is 117 cm³/mol. The van der Waals surface area contributed by atoms with Crippen LogP contribution in [0.5, 0.6) is 0 Å².